The molecule has 2 aromatic carbocycles. The van der Waals surface area contributed by atoms with E-state index in [9.17, 15) is 0 Å². The molecule has 0 bridgehead atoms. The Morgan fingerprint density at radius 3 is 2.12 bits per heavy atom. The van der Waals surface area contributed by atoms with E-state index in [4.69, 9.17) is 0 Å². The topological polar surface area (TPSA) is 6.48 Å². The van der Waals surface area contributed by atoms with Gasteiger partial charge < -0.3 is 4.90 Å². The van der Waals surface area contributed by atoms with Crippen LogP contribution in [0, 0.1) is 0 Å². The number of para-hydroxylation sites is 1. The first kappa shape index (κ1) is 16.4. The Kier molecular flexibility index (Phi) is 5.14. The predicted octanol–water partition coefficient (Wildman–Crippen LogP) is 4.78. The van der Waals surface area contributed by atoms with Crippen molar-refractivity contribution in [2.75, 3.05) is 37.6 Å². The Balaban J connectivity index is 1.28. The fraction of sp³-hybridized carbons (Fsp3) is 0.273. The standard InChI is InChI=1S/C22H24N2S/c1-3-7-19(8-4-1)22-12-11-21(25-22)13-14-23-15-17-24(18-16-23)20-9-5-2-6-10-20/h1-12H,13-18H2. The maximum Gasteiger partial charge on any atom is 0.0367 e. The van der Waals surface area contributed by atoms with E-state index in [1.54, 1.807) is 0 Å². The number of piperazine rings is 1. The van der Waals surface area contributed by atoms with E-state index in [1.165, 1.54) is 21.0 Å². The summed E-state index contributed by atoms with van der Waals surface area (Å²) in [5.74, 6) is 0. The molecule has 25 heavy (non-hydrogen) atoms. The second kappa shape index (κ2) is 7.85. The minimum atomic E-state index is 1.13. The molecule has 4 rings (SSSR count). The van der Waals surface area contributed by atoms with E-state index in [0.717, 1.165) is 39.1 Å². The van der Waals surface area contributed by atoms with Gasteiger partial charge in [0.2, 0.25) is 0 Å². The van der Waals surface area contributed by atoms with Crippen LogP contribution >= 0.6 is 11.3 Å². The van der Waals surface area contributed by atoms with E-state index in [0.29, 0.717) is 0 Å². The highest BCUT2D eigenvalue weighted by Crippen LogP contribution is 2.28. The van der Waals surface area contributed by atoms with Gasteiger partial charge in [-0.3, -0.25) is 4.90 Å². The Bertz CT molecular complexity index is 774. The molecular formula is C22H24N2S. The van der Waals surface area contributed by atoms with Gasteiger partial charge in [0, 0.05) is 48.2 Å². The second-order valence-corrected chi connectivity index (χ2v) is 7.71. The highest BCUT2D eigenvalue weighted by molar-refractivity contribution is 7.15. The zero-order chi connectivity index (χ0) is 16.9. The van der Waals surface area contributed by atoms with E-state index in [-0.39, 0.29) is 0 Å². The molecule has 0 unspecified atom stereocenters. The van der Waals surface area contributed by atoms with Crippen LogP contribution < -0.4 is 4.90 Å². The lowest BCUT2D eigenvalue weighted by Crippen LogP contribution is -2.46. The molecule has 1 aliphatic rings. The smallest absolute Gasteiger partial charge is 0.0367 e. The summed E-state index contributed by atoms with van der Waals surface area (Å²) in [5.41, 5.74) is 2.68. The minimum Gasteiger partial charge on any atom is -0.369 e. The van der Waals surface area contributed by atoms with Crippen molar-refractivity contribution in [1.82, 2.24) is 4.90 Å². The van der Waals surface area contributed by atoms with Gasteiger partial charge in [-0.05, 0) is 36.2 Å². The van der Waals surface area contributed by atoms with E-state index in [2.05, 4.69) is 82.6 Å². The Hall–Kier alpha value is -2.10. The van der Waals surface area contributed by atoms with Crippen molar-refractivity contribution >= 4 is 17.0 Å². The molecule has 3 heteroatoms. The molecule has 0 saturated carbocycles. The zero-order valence-corrected chi connectivity index (χ0v) is 15.3. The molecule has 0 amide bonds. The van der Waals surface area contributed by atoms with Gasteiger partial charge in [-0.15, -0.1) is 11.3 Å². The molecule has 2 nitrogen and oxygen atoms in total. The van der Waals surface area contributed by atoms with Crippen LogP contribution in [0.1, 0.15) is 4.88 Å². The van der Waals surface area contributed by atoms with Gasteiger partial charge in [0.05, 0.1) is 0 Å². The largest absolute Gasteiger partial charge is 0.369 e. The lowest BCUT2D eigenvalue weighted by Gasteiger charge is -2.36. The average Bonchev–Trinajstić information content (AvgIpc) is 3.17. The maximum absolute atomic E-state index is 2.60. The molecule has 0 radical (unpaired) electrons. The van der Waals surface area contributed by atoms with Gasteiger partial charge >= 0.3 is 0 Å². The highest BCUT2D eigenvalue weighted by atomic mass is 32.1. The fourth-order valence-electron chi connectivity index (χ4n) is 3.41. The minimum absolute atomic E-state index is 1.13. The summed E-state index contributed by atoms with van der Waals surface area (Å²) in [6.07, 6.45) is 1.16. The summed E-state index contributed by atoms with van der Waals surface area (Å²) in [6, 6.07) is 26.0. The normalized spacial score (nSPS) is 15.4. The molecule has 0 atom stereocenters. The summed E-state index contributed by atoms with van der Waals surface area (Å²) in [6.45, 7) is 5.74. The van der Waals surface area contributed by atoms with Gasteiger partial charge in [-0.25, -0.2) is 0 Å². The summed E-state index contributed by atoms with van der Waals surface area (Å²) >= 11 is 1.93. The summed E-state index contributed by atoms with van der Waals surface area (Å²) < 4.78 is 0. The number of anilines is 1. The van der Waals surface area contributed by atoms with Crippen molar-refractivity contribution in [3.8, 4) is 10.4 Å². The molecule has 1 aromatic heterocycles. The summed E-state index contributed by atoms with van der Waals surface area (Å²) in [5, 5.41) is 0. The lowest BCUT2D eigenvalue weighted by atomic mass is 10.2. The molecule has 3 aromatic rings. The molecule has 0 N–H and O–H groups in total. The van der Waals surface area contributed by atoms with E-state index in [1.807, 2.05) is 11.3 Å². The number of thiophene rings is 1. The Morgan fingerprint density at radius 2 is 1.40 bits per heavy atom. The van der Waals surface area contributed by atoms with E-state index >= 15 is 0 Å². The third-order valence-corrected chi connectivity index (χ3v) is 6.08. The molecule has 0 spiro atoms. The zero-order valence-electron chi connectivity index (χ0n) is 14.5. The van der Waals surface area contributed by atoms with Gasteiger partial charge in [0.1, 0.15) is 0 Å². The van der Waals surface area contributed by atoms with Crippen LogP contribution in [-0.4, -0.2) is 37.6 Å². The predicted molar refractivity (Wildman–Crippen MR) is 109 cm³/mol. The van der Waals surface area contributed by atoms with Crippen LogP contribution in [0.2, 0.25) is 0 Å². The van der Waals surface area contributed by atoms with Gasteiger partial charge in [0.15, 0.2) is 0 Å². The fourth-order valence-corrected chi connectivity index (χ4v) is 4.41. The third-order valence-electron chi connectivity index (χ3n) is 4.89. The summed E-state index contributed by atoms with van der Waals surface area (Å²) in [7, 11) is 0. The quantitative estimate of drug-likeness (QED) is 0.655. The van der Waals surface area contributed by atoms with Crippen LogP contribution in [0.5, 0.6) is 0 Å². The Labute approximate surface area is 154 Å². The highest BCUT2D eigenvalue weighted by Gasteiger charge is 2.17. The lowest BCUT2D eigenvalue weighted by molar-refractivity contribution is 0.261. The van der Waals surface area contributed by atoms with Gasteiger partial charge in [0.25, 0.3) is 0 Å². The number of hydrogen-bond acceptors (Lipinski definition) is 3. The van der Waals surface area contributed by atoms with Crippen molar-refractivity contribution in [3.05, 3.63) is 77.7 Å². The average molecular weight is 349 g/mol. The molecule has 1 fully saturated rings. The summed E-state index contributed by atoms with van der Waals surface area (Å²) in [4.78, 5) is 7.96. The third kappa shape index (κ3) is 4.12. The first-order valence-electron chi connectivity index (χ1n) is 9.05. The number of nitrogens with zero attached hydrogens (tertiary/aromatic N) is 2. The number of benzene rings is 2. The Morgan fingerprint density at radius 1 is 0.720 bits per heavy atom. The molecule has 0 aliphatic carbocycles. The van der Waals surface area contributed by atoms with Crippen LogP contribution in [0.4, 0.5) is 5.69 Å². The van der Waals surface area contributed by atoms with Gasteiger partial charge in [-0.2, -0.15) is 0 Å². The molecule has 1 aliphatic heterocycles. The van der Waals surface area contributed by atoms with Crippen molar-refractivity contribution in [1.29, 1.82) is 0 Å². The monoisotopic (exact) mass is 348 g/mol. The molecule has 128 valence electrons. The van der Waals surface area contributed by atoms with Crippen LogP contribution in [0.3, 0.4) is 0 Å². The van der Waals surface area contributed by atoms with Crippen molar-refractivity contribution in [3.63, 3.8) is 0 Å². The number of hydrogen-bond donors (Lipinski definition) is 0. The first-order chi connectivity index (χ1) is 12.4. The van der Waals surface area contributed by atoms with Crippen molar-refractivity contribution in [2.45, 2.75) is 6.42 Å². The molecular weight excluding hydrogens is 324 g/mol. The van der Waals surface area contributed by atoms with Crippen molar-refractivity contribution in [2.24, 2.45) is 0 Å². The SMILES string of the molecule is c1ccc(-c2ccc(CCN3CCN(c4ccccc4)CC3)s2)cc1. The molecule has 1 saturated heterocycles. The van der Waals surface area contributed by atoms with Crippen LogP contribution in [0.25, 0.3) is 10.4 Å². The second-order valence-electron chi connectivity index (χ2n) is 6.55. The van der Waals surface area contributed by atoms with Crippen LogP contribution in [0.15, 0.2) is 72.8 Å². The maximum atomic E-state index is 2.60. The van der Waals surface area contributed by atoms with Gasteiger partial charge in [-0.1, -0.05) is 48.5 Å². The number of rotatable bonds is 5. The van der Waals surface area contributed by atoms with Crippen molar-refractivity contribution < 1.29 is 0 Å². The first-order valence-corrected chi connectivity index (χ1v) is 9.87. The van der Waals surface area contributed by atoms with Crippen LogP contribution in [-0.2, 0) is 6.42 Å². The molecule has 2 heterocycles. The van der Waals surface area contributed by atoms with E-state index < -0.39 is 0 Å².